The van der Waals surface area contributed by atoms with Gasteiger partial charge in [-0.15, -0.1) is 0 Å². The standard InChI is InChI=1S/C48H57N3.2ClH.Fe/c1-9-41(43-21-13-11-14-22-43)28-27-39(32-42(10-2)44-23-15-12-16-24-44)31-40-29-35(5)48(36(6)30-40)50-38(8)46-26-18-25-45(51-46)37(7)49-47-33(3)19-17-20-34(47)4;;;/h11-26,29-30,39,41-42H,9-10,27-28,31-32H2,1-8H3;2*1H;/q;;;+2/p-2. The summed E-state index contributed by atoms with van der Waals surface area (Å²) in [5, 5.41) is 0. The van der Waals surface area contributed by atoms with Crippen LogP contribution in [-0.2, 0) is 19.6 Å². The molecule has 5 aromatic rings. The van der Waals surface area contributed by atoms with Gasteiger partial charge in [0, 0.05) is 0 Å². The van der Waals surface area contributed by atoms with E-state index in [-0.39, 0.29) is 13.1 Å². The number of hydrogen-bond donors (Lipinski definition) is 0. The molecule has 0 saturated carbocycles. The summed E-state index contributed by atoms with van der Waals surface area (Å²) in [5.74, 6) is 1.77. The summed E-state index contributed by atoms with van der Waals surface area (Å²) in [5.41, 5.74) is 14.8. The molecule has 1 aromatic heterocycles. The van der Waals surface area contributed by atoms with E-state index in [1.165, 1.54) is 64.6 Å². The van der Waals surface area contributed by atoms with Gasteiger partial charge >= 0.3 is 33.3 Å². The molecule has 3 nitrogen and oxygen atoms in total. The van der Waals surface area contributed by atoms with Crippen LogP contribution in [0.4, 0.5) is 11.4 Å². The molecule has 0 N–H and O–H groups in total. The van der Waals surface area contributed by atoms with Gasteiger partial charge in [0.05, 0.1) is 34.2 Å². The maximum absolute atomic E-state index is 5.18. The minimum atomic E-state index is 0.194. The number of halogens is 2. The average Bonchev–Trinajstić information content (AvgIpc) is 3.17. The molecule has 0 amide bonds. The zero-order chi connectivity index (χ0) is 39.0. The first-order valence-electron chi connectivity index (χ1n) is 19.3. The molecule has 286 valence electrons. The minimum absolute atomic E-state index is 0.194. The summed E-state index contributed by atoms with van der Waals surface area (Å²) in [6.07, 6.45) is 7.07. The number of rotatable bonds is 15. The number of aromatic nitrogens is 1. The molecule has 4 aromatic carbocycles. The van der Waals surface area contributed by atoms with Gasteiger partial charge in [-0.3, -0.25) is 9.98 Å². The molecule has 54 heavy (non-hydrogen) atoms. The first-order valence-corrected chi connectivity index (χ1v) is 22.3. The Morgan fingerprint density at radius 2 is 1.04 bits per heavy atom. The first-order chi connectivity index (χ1) is 26.1. The molecule has 0 aliphatic heterocycles. The van der Waals surface area contributed by atoms with Crippen molar-refractivity contribution >= 4 is 43.0 Å². The fourth-order valence-corrected chi connectivity index (χ4v) is 7.68. The van der Waals surface area contributed by atoms with Crippen LogP contribution >= 0.6 is 20.2 Å². The molecular weight excluding hydrogens is 745 g/mol. The fourth-order valence-electron chi connectivity index (χ4n) is 7.68. The van der Waals surface area contributed by atoms with Crippen molar-refractivity contribution in [2.75, 3.05) is 0 Å². The molecule has 0 saturated heterocycles. The van der Waals surface area contributed by atoms with Crippen LogP contribution in [-0.4, -0.2) is 16.4 Å². The molecule has 3 unspecified atom stereocenters. The quantitative estimate of drug-likeness (QED) is 0.0767. The predicted octanol–water partition coefficient (Wildman–Crippen LogP) is 14.7. The second kappa shape index (κ2) is 22.1. The van der Waals surface area contributed by atoms with Gasteiger partial charge in [-0.2, -0.15) is 0 Å². The van der Waals surface area contributed by atoms with Gasteiger partial charge in [0.1, 0.15) is 0 Å². The molecule has 6 heteroatoms. The van der Waals surface area contributed by atoms with Crippen molar-refractivity contribution in [1.82, 2.24) is 4.98 Å². The van der Waals surface area contributed by atoms with E-state index in [4.69, 9.17) is 35.2 Å². The molecule has 0 radical (unpaired) electrons. The van der Waals surface area contributed by atoms with Crippen LogP contribution in [0.3, 0.4) is 0 Å². The topological polar surface area (TPSA) is 37.6 Å². The van der Waals surface area contributed by atoms with Crippen LogP contribution in [0.2, 0.25) is 0 Å². The fraction of sp³-hybridized carbons (Fsp3) is 0.354. The van der Waals surface area contributed by atoms with E-state index in [0.717, 1.165) is 47.0 Å². The van der Waals surface area contributed by atoms with Crippen molar-refractivity contribution in [2.45, 2.75) is 106 Å². The molecule has 0 fully saturated rings. The predicted molar refractivity (Wildman–Crippen MR) is 232 cm³/mol. The molecule has 0 spiro atoms. The van der Waals surface area contributed by atoms with Gasteiger partial charge in [0.25, 0.3) is 0 Å². The SMILES string of the molecule is CCC(CCC(Cc1cc(C)c(N=C(C)c2cccc(C(C)=Nc3c(C)cccc3C)n2)c(C)c1)CC(CC)c1ccccc1)c1ccccc1.[Cl][Fe][Cl]. The van der Waals surface area contributed by atoms with Crippen LogP contribution in [0, 0.1) is 33.6 Å². The maximum atomic E-state index is 5.18. The number of aliphatic imine (C=N–C) groups is 2. The number of benzene rings is 4. The molecule has 5 rings (SSSR count). The normalized spacial score (nSPS) is 13.6. The van der Waals surface area contributed by atoms with Crippen LogP contribution < -0.4 is 0 Å². The number of hydrogen-bond acceptors (Lipinski definition) is 3. The first kappa shape index (κ1) is 43.2. The summed E-state index contributed by atoms with van der Waals surface area (Å²) in [6, 6.07) is 39.5. The van der Waals surface area contributed by atoms with Crippen LogP contribution in [0.25, 0.3) is 0 Å². The van der Waals surface area contributed by atoms with E-state index in [2.05, 4.69) is 146 Å². The molecule has 3 atom stereocenters. The van der Waals surface area contributed by atoms with Gasteiger partial charge in [0.15, 0.2) is 0 Å². The van der Waals surface area contributed by atoms with Gasteiger partial charge < -0.3 is 0 Å². The molecule has 0 bridgehead atoms. The Balaban J connectivity index is 0.00000209. The third-order valence-corrected chi connectivity index (χ3v) is 10.6. The molecule has 0 aliphatic rings. The summed E-state index contributed by atoms with van der Waals surface area (Å²) < 4.78 is 0. The van der Waals surface area contributed by atoms with E-state index >= 15 is 0 Å². The van der Waals surface area contributed by atoms with Crippen LogP contribution in [0.15, 0.2) is 119 Å². The zero-order valence-electron chi connectivity index (χ0n) is 33.3. The van der Waals surface area contributed by atoms with Crippen LogP contribution in [0.5, 0.6) is 0 Å². The van der Waals surface area contributed by atoms with Crippen LogP contribution in [0.1, 0.15) is 122 Å². The Morgan fingerprint density at radius 1 is 0.593 bits per heavy atom. The van der Waals surface area contributed by atoms with E-state index in [1.54, 1.807) is 0 Å². The summed E-state index contributed by atoms with van der Waals surface area (Å²) in [7, 11) is 9.53. The van der Waals surface area contributed by atoms with Gasteiger partial charge in [-0.1, -0.05) is 111 Å². The van der Waals surface area contributed by atoms with Crippen molar-refractivity contribution in [3.63, 3.8) is 0 Å². The third-order valence-electron chi connectivity index (χ3n) is 10.6. The van der Waals surface area contributed by atoms with E-state index in [9.17, 15) is 0 Å². The second-order valence-corrected chi connectivity index (χ2v) is 16.4. The number of para-hydroxylation sites is 1. The van der Waals surface area contributed by atoms with Gasteiger partial charge in [-0.25, -0.2) is 4.98 Å². The van der Waals surface area contributed by atoms with E-state index < -0.39 is 0 Å². The molecule has 1 heterocycles. The van der Waals surface area contributed by atoms with Crippen molar-refractivity contribution in [2.24, 2.45) is 15.9 Å². The molecule has 0 aliphatic carbocycles. The van der Waals surface area contributed by atoms with E-state index in [1.807, 2.05) is 19.1 Å². The van der Waals surface area contributed by atoms with Crippen molar-refractivity contribution < 1.29 is 13.1 Å². The Bertz CT molecular complexity index is 1930. The number of aryl methyl sites for hydroxylation is 4. The van der Waals surface area contributed by atoms with Gasteiger partial charge in [-0.05, 0) is 149 Å². The van der Waals surface area contributed by atoms with Gasteiger partial charge in [0.2, 0.25) is 0 Å². The van der Waals surface area contributed by atoms with Crippen molar-refractivity contribution in [1.29, 1.82) is 0 Å². The Labute approximate surface area is 340 Å². The van der Waals surface area contributed by atoms with Crippen molar-refractivity contribution in [3.05, 3.63) is 160 Å². The second-order valence-electron chi connectivity index (χ2n) is 14.6. The number of nitrogens with zero attached hydrogens (tertiary/aromatic N) is 3. The van der Waals surface area contributed by atoms with Crippen molar-refractivity contribution in [3.8, 4) is 0 Å². The summed E-state index contributed by atoms with van der Waals surface area (Å²) in [6.45, 7) is 17.4. The van der Waals surface area contributed by atoms with E-state index in [0.29, 0.717) is 17.8 Å². The third kappa shape index (κ3) is 12.5. The monoisotopic (exact) mass is 801 g/mol. The summed E-state index contributed by atoms with van der Waals surface area (Å²) in [4.78, 5) is 15.2. The Hall–Kier alpha value is -3.53. The number of pyridine rings is 1. The summed E-state index contributed by atoms with van der Waals surface area (Å²) >= 11 is 0.194. The zero-order valence-corrected chi connectivity index (χ0v) is 35.9. The molecular formula is C48H57Cl2FeN3. The Morgan fingerprint density at radius 3 is 1.52 bits per heavy atom. The Kier molecular flexibility index (Phi) is 17.7. The average molecular weight is 803 g/mol.